The summed E-state index contributed by atoms with van der Waals surface area (Å²) in [5, 5.41) is 0.278. The standard InChI is InChI=1S/C3H2S/c4-3-1-2-3/h3-4H. The van der Waals surface area contributed by atoms with E-state index >= 15 is 0 Å². The molecule has 0 amide bonds. The molecular formula is C3H2S. The van der Waals surface area contributed by atoms with Crippen molar-refractivity contribution in [2.45, 2.75) is 5.25 Å². The summed E-state index contributed by atoms with van der Waals surface area (Å²) in [5.74, 6) is 5.42. The molecule has 20 valence electrons. The van der Waals surface area contributed by atoms with Gasteiger partial charge in [0, 0.05) is 0 Å². The van der Waals surface area contributed by atoms with E-state index in [1.807, 2.05) is 0 Å². The summed E-state index contributed by atoms with van der Waals surface area (Å²) in [6, 6.07) is 0. The van der Waals surface area contributed by atoms with Gasteiger partial charge in [-0.25, -0.2) is 0 Å². The number of rotatable bonds is 0. The molecule has 0 aliphatic heterocycles. The van der Waals surface area contributed by atoms with Gasteiger partial charge in [-0.1, -0.05) is 11.8 Å². The number of hydrogen-bond donors (Lipinski definition) is 1. The zero-order chi connectivity index (χ0) is 2.99. The highest BCUT2D eigenvalue weighted by atomic mass is 32.1. The summed E-state index contributed by atoms with van der Waals surface area (Å²) < 4.78 is 0. The summed E-state index contributed by atoms with van der Waals surface area (Å²) in [6.07, 6.45) is 0. The lowest BCUT2D eigenvalue weighted by atomic mass is 10.8. The predicted molar refractivity (Wildman–Crippen MR) is 20.5 cm³/mol. The van der Waals surface area contributed by atoms with E-state index in [1.54, 1.807) is 0 Å². The third-order valence-corrected chi connectivity index (χ3v) is 0.532. The first kappa shape index (κ1) is 2.17. The van der Waals surface area contributed by atoms with Crippen LogP contribution in [0.2, 0.25) is 0 Å². The fourth-order valence-corrected chi connectivity index (χ4v) is 0.112. The smallest absolute Gasteiger partial charge is 0.124 e. The van der Waals surface area contributed by atoms with Gasteiger partial charge in [0.05, 0.1) is 0 Å². The Bertz CT molecular complexity index is 67.0. The van der Waals surface area contributed by atoms with Gasteiger partial charge < -0.3 is 0 Å². The lowest BCUT2D eigenvalue weighted by molar-refractivity contribution is 1.81. The van der Waals surface area contributed by atoms with Gasteiger partial charge in [-0.05, 0) is 0 Å². The van der Waals surface area contributed by atoms with Crippen molar-refractivity contribution < 1.29 is 0 Å². The molecule has 1 aliphatic rings. The van der Waals surface area contributed by atoms with Crippen LogP contribution in [0.15, 0.2) is 0 Å². The molecular weight excluding hydrogens is 68.1 g/mol. The fourth-order valence-electron chi connectivity index (χ4n) is 0.0373. The fraction of sp³-hybridized carbons (Fsp3) is 0.333. The third kappa shape index (κ3) is 0.187. The minimum absolute atomic E-state index is 0.278. The van der Waals surface area contributed by atoms with Crippen molar-refractivity contribution in [3.05, 3.63) is 0 Å². The molecule has 0 bridgehead atoms. The second-order valence-corrected chi connectivity index (χ2v) is 1.21. The average molecular weight is 70.1 g/mol. The Labute approximate surface area is 30.6 Å². The molecule has 0 unspecified atom stereocenters. The molecule has 0 nitrogen and oxygen atoms in total. The molecule has 0 atom stereocenters. The van der Waals surface area contributed by atoms with Gasteiger partial charge in [-0.15, -0.1) is 0 Å². The van der Waals surface area contributed by atoms with Gasteiger partial charge in [-0.3, -0.25) is 0 Å². The Kier molecular flexibility index (Phi) is 0.238. The highest BCUT2D eigenvalue weighted by Crippen LogP contribution is 1.98. The number of hydrogen-bond acceptors (Lipinski definition) is 1. The van der Waals surface area contributed by atoms with Crippen molar-refractivity contribution in [2.24, 2.45) is 0 Å². The Morgan fingerprint density at radius 1 is 1.50 bits per heavy atom. The molecule has 1 aliphatic carbocycles. The molecule has 0 fully saturated rings. The molecule has 0 aromatic rings. The van der Waals surface area contributed by atoms with Crippen LogP contribution in [0.5, 0.6) is 0 Å². The Hall–Kier alpha value is -0.0900. The monoisotopic (exact) mass is 70.0 g/mol. The molecule has 1 heteroatoms. The maximum atomic E-state index is 3.85. The van der Waals surface area contributed by atoms with Gasteiger partial charge in [0.1, 0.15) is 5.25 Å². The summed E-state index contributed by atoms with van der Waals surface area (Å²) in [5.41, 5.74) is 0. The van der Waals surface area contributed by atoms with Crippen LogP contribution in [0.1, 0.15) is 0 Å². The van der Waals surface area contributed by atoms with Crippen molar-refractivity contribution in [1.29, 1.82) is 0 Å². The molecule has 0 aromatic heterocycles. The van der Waals surface area contributed by atoms with Crippen LogP contribution < -0.4 is 0 Å². The van der Waals surface area contributed by atoms with E-state index in [0.29, 0.717) is 0 Å². The Morgan fingerprint density at radius 2 is 1.75 bits per heavy atom. The second-order valence-electron chi connectivity index (χ2n) is 0.691. The quantitative estimate of drug-likeness (QED) is 0.307. The van der Waals surface area contributed by atoms with Crippen molar-refractivity contribution in [3.8, 4) is 11.8 Å². The maximum Gasteiger partial charge on any atom is 0.124 e. The molecule has 0 spiro atoms. The Balaban J connectivity index is 2.38. The minimum Gasteiger partial charge on any atom is -0.150 e. The summed E-state index contributed by atoms with van der Waals surface area (Å²) >= 11 is 3.85. The molecule has 1 rings (SSSR count). The first-order valence-electron chi connectivity index (χ1n) is 1.09. The number of thiol groups is 1. The van der Waals surface area contributed by atoms with Gasteiger partial charge in [0.25, 0.3) is 0 Å². The van der Waals surface area contributed by atoms with Crippen LogP contribution in [0.3, 0.4) is 0 Å². The SMILES string of the molecule is SC1C#C1. The largest absolute Gasteiger partial charge is 0.150 e. The predicted octanol–water partition coefficient (Wildman–Crippen LogP) is 0.302. The van der Waals surface area contributed by atoms with Crippen LogP contribution >= 0.6 is 12.6 Å². The van der Waals surface area contributed by atoms with Crippen molar-refractivity contribution in [3.63, 3.8) is 0 Å². The van der Waals surface area contributed by atoms with Gasteiger partial charge in [0.2, 0.25) is 0 Å². The van der Waals surface area contributed by atoms with E-state index < -0.39 is 0 Å². The highest BCUT2D eigenvalue weighted by Gasteiger charge is 1.97. The maximum absolute atomic E-state index is 3.85. The molecule has 0 heterocycles. The van der Waals surface area contributed by atoms with E-state index in [9.17, 15) is 0 Å². The molecule has 4 heavy (non-hydrogen) atoms. The molecule has 0 saturated heterocycles. The molecule has 0 N–H and O–H groups in total. The first-order chi connectivity index (χ1) is 1.89. The molecule has 0 saturated carbocycles. The van der Waals surface area contributed by atoms with Crippen molar-refractivity contribution >= 4 is 12.6 Å². The van der Waals surface area contributed by atoms with E-state index in [2.05, 4.69) is 24.5 Å². The zero-order valence-electron chi connectivity index (χ0n) is 2.02. The van der Waals surface area contributed by atoms with Crippen LogP contribution in [-0.4, -0.2) is 5.25 Å². The molecule has 0 aromatic carbocycles. The van der Waals surface area contributed by atoms with Gasteiger partial charge in [0.15, 0.2) is 0 Å². The first-order valence-corrected chi connectivity index (χ1v) is 1.60. The summed E-state index contributed by atoms with van der Waals surface area (Å²) in [4.78, 5) is 0. The van der Waals surface area contributed by atoms with Crippen molar-refractivity contribution in [1.82, 2.24) is 0 Å². The van der Waals surface area contributed by atoms with E-state index in [1.165, 1.54) is 0 Å². The second kappa shape index (κ2) is 0.440. The minimum atomic E-state index is 0.278. The highest BCUT2D eigenvalue weighted by molar-refractivity contribution is 7.81. The van der Waals surface area contributed by atoms with Crippen molar-refractivity contribution in [2.75, 3.05) is 0 Å². The lowest BCUT2D eigenvalue weighted by Gasteiger charge is -1.56. The van der Waals surface area contributed by atoms with E-state index in [4.69, 9.17) is 0 Å². The summed E-state index contributed by atoms with van der Waals surface area (Å²) in [6.45, 7) is 0. The topological polar surface area (TPSA) is 0 Å². The Morgan fingerprint density at radius 3 is 1.75 bits per heavy atom. The van der Waals surface area contributed by atoms with Gasteiger partial charge in [-0.2, -0.15) is 12.6 Å². The van der Waals surface area contributed by atoms with Crippen LogP contribution in [0, 0.1) is 11.8 Å². The summed E-state index contributed by atoms with van der Waals surface area (Å²) in [7, 11) is 0. The zero-order valence-corrected chi connectivity index (χ0v) is 2.92. The third-order valence-electron chi connectivity index (χ3n) is 0.273. The average Bonchev–Trinajstić information content (AvgIpc) is 1.75. The molecule has 0 radical (unpaired) electrons. The van der Waals surface area contributed by atoms with Gasteiger partial charge >= 0.3 is 0 Å². The van der Waals surface area contributed by atoms with E-state index in [0.717, 1.165) is 0 Å². The normalized spacial score (nSPS) is 18.2. The van der Waals surface area contributed by atoms with E-state index in [-0.39, 0.29) is 5.25 Å². The lowest BCUT2D eigenvalue weighted by Crippen LogP contribution is -1.58. The van der Waals surface area contributed by atoms with Crippen LogP contribution in [-0.2, 0) is 0 Å². The van der Waals surface area contributed by atoms with Crippen LogP contribution in [0.25, 0.3) is 0 Å². The van der Waals surface area contributed by atoms with Crippen LogP contribution in [0.4, 0.5) is 0 Å².